The van der Waals surface area contributed by atoms with Gasteiger partial charge in [-0.2, -0.15) is 0 Å². The van der Waals surface area contributed by atoms with Crippen LogP contribution in [0.2, 0.25) is 0 Å². The highest BCUT2D eigenvalue weighted by atomic mass is 16.6. The molecule has 0 spiro atoms. The second-order valence-corrected chi connectivity index (χ2v) is 17.0. The molecule has 0 aromatic carbocycles. The molecule has 0 saturated heterocycles. The van der Waals surface area contributed by atoms with Gasteiger partial charge in [0.25, 0.3) is 0 Å². The predicted molar refractivity (Wildman–Crippen MR) is 270 cm³/mol. The summed E-state index contributed by atoms with van der Waals surface area (Å²) in [4.78, 5) is 38.0. The lowest BCUT2D eigenvalue weighted by atomic mass is 10.1. The van der Waals surface area contributed by atoms with E-state index in [4.69, 9.17) is 14.2 Å². The van der Waals surface area contributed by atoms with Crippen molar-refractivity contribution in [3.8, 4) is 0 Å². The maximum absolute atomic E-state index is 12.8. The van der Waals surface area contributed by atoms with Gasteiger partial charge >= 0.3 is 17.9 Å². The van der Waals surface area contributed by atoms with Crippen LogP contribution >= 0.6 is 0 Å². The van der Waals surface area contributed by atoms with Gasteiger partial charge in [0.2, 0.25) is 0 Å². The van der Waals surface area contributed by atoms with E-state index in [1.54, 1.807) is 0 Å². The fourth-order valence-corrected chi connectivity index (χ4v) is 6.93. The van der Waals surface area contributed by atoms with E-state index in [0.717, 1.165) is 116 Å². The Balaban J connectivity index is 4.46. The predicted octanol–water partition coefficient (Wildman–Crippen LogP) is 17.2. The summed E-state index contributed by atoms with van der Waals surface area (Å²) >= 11 is 0. The monoisotopic (exact) mass is 877 g/mol. The summed E-state index contributed by atoms with van der Waals surface area (Å²) in [5.74, 6) is -0.947. The van der Waals surface area contributed by atoms with Crippen molar-refractivity contribution in [2.24, 2.45) is 0 Å². The summed E-state index contributed by atoms with van der Waals surface area (Å²) < 4.78 is 16.8. The van der Waals surface area contributed by atoms with E-state index in [1.165, 1.54) is 83.5 Å². The summed E-state index contributed by atoms with van der Waals surface area (Å²) in [5, 5.41) is 0. The Morgan fingerprint density at radius 2 is 0.619 bits per heavy atom. The van der Waals surface area contributed by atoms with Gasteiger partial charge in [-0.1, -0.05) is 189 Å². The van der Waals surface area contributed by atoms with Crippen molar-refractivity contribution in [2.45, 2.75) is 245 Å². The maximum Gasteiger partial charge on any atom is 0.306 e. The highest BCUT2D eigenvalue weighted by Gasteiger charge is 2.19. The first kappa shape index (κ1) is 59.6. The van der Waals surface area contributed by atoms with E-state index >= 15 is 0 Å². The van der Waals surface area contributed by atoms with E-state index in [2.05, 4.69) is 106 Å². The highest BCUT2D eigenvalue weighted by Crippen LogP contribution is 2.13. The van der Waals surface area contributed by atoms with Crippen molar-refractivity contribution in [3.63, 3.8) is 0 Å². The maximum atomic E-state index is 12.8. The van der Waals surface area contributed by atoms with Gasteiger partial charge in [-0.25, -0.2) is 0 Å². The van der Waals surface area contributed by atoms with Crippen LogP contribution in [0.1, 0.15) is 239 Å². The molecule has 0 fully saturated rings. The van der Waals surface area contributed by atoms with Crippen molar-refractivity contribution in [1.29, 1.82) is 0 Å². The van der Waals surface area contributed by atoms with Gasteiger partial charge in [-0.05, 0) is 116 Å². The van der Waals surface area contributed by atoms with Crippen molar-refractivity contribution in [1.82, 2.24) is 0 Å². The fraction of sp³-hybridized carbons (Fsp3) is 0.702. The quantitative estimate of drug-likeness (QED) is 0.0262. The molecule has 0 aromatic heterocycles. The first-order chi connectivity index (χ1) is 31.0. The van der Waals surface area contributed by atoms with E-state index in [1.807, 2.05) is 0 Å². The zero-order valence-electron chi connectivity index (χ0n) is 41.1. The fourth-order valence-electron chi connectivity index (χ4n) is 6.93. The molecule has 0 aliphatic carbocycles. The SMILES string of the molecule is CC/C=C/C/C=C/C/C=C/C/C=C/C/C=C/CCCCCC(=O)OC[C@@H](COC(=O)CCCCCCC/C=C/CCCCCC)OC(=O)CCCCCCC/C=C/CCCCCC. The van der Waals surface area contributed by atoms with E-state index in [9.17, 15) is 14.4 Å². The van der Waals surface area contributed by atoms with Crippen LogP contribution in [0.5, 0.6) is 0 Å². The lowest BCUT2D eigenvalue weighted by molar-refractivity contribution is -0.167. The molecule has 0 rings (SSSR count). The summed E-state index contributed by atoms with van der Waals surface area (Å²) in [6, 6.07) is 0. The average Bonchev–Trinajstić information content (AvgIpc) is 3.28. The second-order valence-electron chi connectivity index (χ2n) is 17.0. The van der Waals surface area contributed by atoms with Crippen LogP contribution in [0.3, 0.4) is 0 Å². The molecule has 0 N–H and O–H groups in total. The molecular weight excluding hydrogens is 781 g/mol. The first-order valence-electron chi connectivity index (χ1n) is 26.1. The zero-order valence-corrected chi connectivity index (χ0v) is 41.1. The van der Waals surface area contributed by atoms with E-state index < -0.39 is 6.10 Å². The van der Waals surface area contributed by atoms with Crippen molar-refractivity contribution in [3.05, 3.63) is 85.1 Å². The number of rotatable bonds is 46. The molecule has 0 radical (unpaired) electrons. The molecule has 0 aliphatic heterocycles. The molecule has 0 unspecified atom stereocenters. The van der Waals surface area contributed by atoms with Gasteiger partial charge in [-0.3, -0.25) is 14.4 Å². The number of carbonyl (C=O) groups excluding carboxylic acids is 3. The zero-order chi connectivity index (χ0) is 45.8. The van der Waals surface area contributed by atoms with Crippen molar-refractivity contribution < 1.29 is 28.6 Å². The lowest BCUT2D eigenvalue weighted by Crippen LogP contribution is -2.30. The molecule has 0 saturated carbocycles. The molecule has 0 aromatic rings. The van der Waals surface area contributed by atoms with E-state index in [0.29, 0.717) is 19.3 Å². The minimum Gasteiger partial charge on any atom is -0.462 e. The molecule has 0 bridgehead atoms. The molecule has 0 amide bonds. The summed E-state index contributed by atoms with van der Waals surface area (Å²) in [7, 11) is 0. The number of hydrogen-bond donors (Lipinski definition) is 0. The molecule has 6 nitrogen and oxygen atoms in total. The van der Waals surface area contributed by atoms with Crippen LogP contribution < -0.4 is 0 Å². The van der Waals surface area contributed by atoms with Gasteiger partial charge in [0.1, 0.15) is 13.2 Å². The van der Waals surface area contributed by atoms with Crippen LogP contribution in [0.4, 0.5) is 0 Å². The molecule has 360 valence electrons. The smallest absolute Gasteiger partial charge is 0.306 e. The number of allylic oxidation sites excluding steroid dienone is 14. The molecule has 1 atom stereocenters. The topological polar surface area (TPSA) is 78.9 Å². The molecule has 0 heterocycles. The molecule has 63 heavy (non-hydrogen) atoms. The molecule has 6 heteroatoms. The Bertz CT molecular complexity index is 1240. The average molecular weight is 877 g/mol. The van der Waals surface area contributed by atoms with Gasteiger partial charge < -0.3 is 14.2 Å². The van der Waals surface area contributed by atoms with Crippen LogP contribution in [0, 0.1) is 0 Å². The second kappa shape index (κ2) is 51.2. The normalized spacial score (nSPS) is 12.7. The third-order valence-corrected chi connectivity index (χ3v) is 10.9. The Kier molecular flexibility index (Phi) is 48.5. The lowest BCUT2D eigenvalue weighted by Gasteiger charge is -2.18. The van der Waals surface area contributed by atoms with Gasteiger partial charge in [-0.15, -0.1) is 0 Å². The summed E-state index contributed by atoms with van der Waals surface area (Å²) in [5.41, 5.74) is 0. The van der Waals surface area contributed by atoms with Crippen LogP contribution in [-0.2, 0) is 28.6 Å². The van der Waals surface area contributed by atoms with Gasteiger partial charge in [0.15, 0.2) is 6.10 Å². The van der Waals surface area contributed by atoms with Crippen molar-refractivity contribution >= 4 is 17.9 Å². The summed E-state index contributed by atoms with van der Waals surface area (Å²) in [6.45, 7) is 6.44. The number of unbranched alkanes of at least 4 members (excludes halogenated alkanes) is 21. The Morgan fingerprint density at radius 3 is 1.00 bits per heavy atom. The van der Waals surface area contributed by atoms with Crippen LogP contribution in [-0.4, -0.2) is 37.2 Å². The number of esters is 3. The minimum absolute atomic E-state index is 0.0952. The molecule has 0 aliphatic rings. The number of hydrogen-bond acceptors (Lipinski definition) is 6. The summed E-state index contributed by atoms with van der Waals surface area (Å²) in [6.07, 6.45) is 65.6. The highest BCUT2D eigenvalue weighted by molar-refractivity contribution is 5.71. The van der Waals surface area contributed by atoms with Crippen LogP contribution in [0.25, 0.3) is 0 Å². The van der Waals surface area contributed by atoms with Crippen LogP contribution in [0.15, 0.2) is 85.1 Å². The largest absolute Gasteiger partial charge is 0.462 e. The van der Waals surface area contributed by atoms with E-state index in [-0.39, 0.29) is 31.1 Å². The minimum atomic E-state index is -0.797. The Morgan fingerprint density at radius 1 is 0.333 bits per heavy atom. The standard InChI is InChI=1S/C57H96O6/c1-4-7-10-13-16-19-22-25-26-27-28-29-30-33-35-38-41-44-47-50-56(59)62-53-54(63-57(60)51-48-45-42-39-36-32-24-21-18-15-12-9-6-3)52-61-55(58)49-46-43-40-37-34-31-23-20-17-14-11-8-5-2/h7,10,16,19-21,23-26,28-29,33,35,54H,4-6,8-9,11-15,17-18,22,27,30-32,34,36-53H2,1-3H3/b10-7+,19-16+,23-20+,24-21+,26-25+,29-28+,35-33+/t54-/m1/s1. The van der Waals surface area contributed by atoms with Crippen molar-refractivity contribution in [2.75, 3.05) is 13.2 Å². The van der Waals surface area contributed by atoms with Gasteiger partial charge in [0.05, 0.1) is 0 Å². The third-order valence-electron chi connectivity index (χ3n) is 10.9. The third kappa shape index (κ3) is 49.5. The Hall–Kier alpha value is -3.41. The first-order valence-corrected chi connectivity index (χ1v) is 26.1. The Labute approximate surface area is 388 Å². The number of carbonyl (C=O) groups is 3. The molecular formula is C57H96O6. The number of ether oxygens (including phenoxy) is 3. The van der Waals surface area contributed by atoms with Gasteiger partial charge in [0, 0.05) is 19.3 Å².